The predicted molar refractivity (Wildman–Crippen MR) is 163 cm³/mol. The van der Waals surface area contributed by atoms with Crippen molar-refractivity contribution in [3.05, 3.63) is 0 Å². The van der Waals surface area contributed by atoms with Crippen molar-refractivity contribution in [3.63, 3.8) is 0 Å². The average Bonchev–Trinajstić information content (AvgIpc) is 2.93. The van der Waals surface area contributed by atoms with Crippen LogP contribution in [-0.2, 0) is 76.3 Å². The van der Waals surface area contributed by atoms with Gasteiger partial charge in [0.2, 0.25) is 11.8 Å². The first-order valence-electron chi connectivity index (χ1n) is 14.5. The standard InChI is InChI=1S/C28H40N2O16S2/c1-11(31)29-21-25(43-17(7)37)23(41-15(5)35)19(9-39-13(3)33)45-27(21)47-48-28-22(30-12(2)32)26(44-18(8)38)24(42-16(6)36)20(46-28)10-40-14(4)34/h19-28H,9-10H2,1-8H3,(H,29,31)(H,30,32)/t19-,20-,21-,22-,23-,24-,25-,26-,27?,28?/m1/s1. The minimum absolute atomic E-state index is 0.433. The molecule has 0 aliphatic carbocycles. The highest BCUT2D eigenvalue weighted by Gasteiger charge is 2.54. The van der Waals surface area contributed by atoms with Crippen molar-refractivity contribution in [1.29, 1.82) is 0 Å². The van der Waals surface area contributed by atoms with Crippen LogP contribution < -0.4 is 10.6 Å². The van der Waals surface area contributed by atoms with E-state index in [2.05, 4.69) is 10.6 Å². The number of hydrogen-bond acceptors (Lipinski definition) is 18. The van der Waals surface area contributed by atoms with Crippen LogP contribution in [0.1, 0.15) is 55.4 Å². The highest BCUT2D eigenvalue weighted by molar-refractivity contribution is 8.77. The molecule has 0 radical (unpaired) electrons. The van der Waals surface area contributed by atoms with Crippen LogP contribution >= 0.6 is 21.6 Å². The second-order valence-corrected chi connectivity index (χ2v) is 13.1. The lowest BCUT2D eigenvalue weighted by Gasteiger charge is -2.46. The van der Waals surface area contributed by atoms with Gasteiger partial charge in [-0.25, -0.2) is 0 Å². The maximum Gasteiger partial charge on any atom is 0.303 e. The summed E-state index contributed by atoms with van der Waals surface area (Å²) in [6.07, 6.45) is -7.70. The zero-order chi connectivity index (χ0) is 36.3. The van der Waals surface area contributed by atoms with E-state index in [1.165, 1.54) is 13.8 Å². The Morgan fingerprint density at radius 2 is 0.771 bits per heavy atom. The molecule has 270 valence electrons. The molecule has 2 amide bonds. The van der Waals surface area contributed by atoms with E-state index in [-0.39, 0.29) is 0 Å². The second-order valence-electron chi connectivity index (χ2n) is 10.6. The minimum Gasteiger partial charge on any atom is -0.463 e. The summed E-state index contributed by atoms with van der Waals surface area (Å²) < 4.78 is 44.4. The van der Waals surface area contributed by atoms with Gasteiger partial charge in [-0.05, 0) is 0 Å². The molecule has 10 atom stereocenters. The molecule has 0 spiro atoms. The fourth-order valence-corrected chi connectivity index (χ4v) is 7.78. The Bertz CT molecular complexity index is 1140. The van der Waals surface area contributed by atoms with Gasteiger partial charge in [-0.15, -0.1) is 0 Å². The maximum atomic E-state index is 12.3. The largest absolute Gasteiger partial charge is 0.463 e. The number of hydrogen-bond donors (Lipinski definition) is 2. The summed E-state index contributed by atoms with van der Waals surface area (Å²) in [5.41, 5.74) is -2.27. The van der Waals surface area contributed by atoms with Crippen LogP contribution in [0.4, 0.5) is 0 Å². The summed E-state index contributed by atoms with van der Waals surface area (Å²) in [7, 11) is 1.82. The van der Waals surface area contributed by atoms with Crippen LogP contribution in [0.2, 0.25) is 0 Å². The Kier molecular flexibility index (Phi) is 15.9. The van der Waals surface area contributed by atoms with Crippen LogP contribution in [-0.4, -0.2) is 120 Å². The lowest BCUT2D eigenvalue weighted by molar-refractivity contribution is -0.212. The van der Waals surface area contributed by atoms with Crippen molar-refractivity contribution < 1.29 is 76.3 Å². The molecule has 0 bridgehead atoms. The molecule has 2 fully saturated rings. The minimum atomic E-state index is -1.33. The van der Waals surface area contributed by atoms with E-state index in [1.807, 2.05) is 0 Å². The van der Waals surface area contributed by atoms with Crippen LogP contribution in [0.3, 0.4) is 0 Å². The quantitative estimate of drug-likeness (QED) is 0.141. The third-order valence-corrected chi connectivity index (χ3v) is 9.16. The summed E-state index contributed by atoms with van der Waals surface area (Å²) in [5.74, 6) is -5.62. The van der Waals surface area contributed by atoms with Gasteiger partial charge in [0, 0.05) is 55.4 Å². The number of esters is 6. The molecule has 48 heavy (non-hydrogen) atoms. The van der Waals surface area contributed by atoms with Crippen molar-refractivity contribution >= 4 is 69.2 Å². The van der Waals surface area contributed by atoms with E-state index < -0.39 is 120 Å². The molecule has 2 N–H and O–H groups in total. The SMILES string of the molecule is CC(=O)N[C@H]1C(SSC2O[C@H](COC(C)=O)[C@@H](OC(C)=O)[C@H](OC(C)=O)[C@H]2NC(C)=O)O[C@H](COC(C)=O)[C@@H](OC(C)=O)[C@@H]1OC(C)=O. The van der Waals surface area contributed by atoms with E-state index in [0.29, 0.717) is 0 Å². The number of carbonyl (C=O) groups excluding carboxylic acids is 8. The number of rotatable bonds is 13. The van der Waals surface area contributed by atoms with Gasteiger partial charge in [-0.2, -0.15) is 0 Å². The molecule has 20 heteroatoms. The normalized spacial score (nSPS) is 29.7. The van der Waals surface area contributed by atoms with Gasteiger partial charge in [-0.1, -0.05) is 21.6 Å². The van der Waals surface area contributed by atoms with Crippen LogP contribution in [0, 0.1) is 0 Å². The summed E-state index contributed by atoms with van der Waals surface area (Å²) in [6, 6.07) is -2.33. The van der Waals surface area contributed by atoms with E-state index >= 15 is 0 Å². The van der Waals surface area contributed by atoms with Crippen molar-refractivity contribution in [1.82, 2.24) is 10.6 Å². The molecule has 2 aliphatic rings. The van der Waals surface area contributed by atoms with Gasteiger partial charge in [0.25, 0.3) is 0 Å². The Morgan fingerprint density at radius 3 is 1.02 bits per heavy atom. The third kappa shape index (κ3) is 12.8. The van der Waals surface area contributed by atoms with E-state index in [4.69, 9.17) is 37.9 Å². The van der Waals surface area contributed by atoms with Crippen LogP contribution in [0.5, 0.6) is 0 Å². The van der Waals surface area contributed by atoms with Gasteiger partial charge < -0.3 is 48.5 Å². The fraction of sp³-hybridized carbons (Fsp3) is 0.714. The van der Waals surface area contributed by atoms with Gasteiger partial charge in [0.15, 0.2) is 24.4 Å². The highest BCUT2D eigenvalue weighted by atomic mass is 33.1. The number of ether oxygens (including phenoxy) is 8. The summed E-state index contributed by atoms with van der Waals surface area (Å²) in [5, 5.41) is 5.29. The zero-order valence-electron chi connectivity index (χ0n) is 27.5. The van der Waals surface area contributed by atoms with Crippen molar-refractivity contribution in [3.8, 4) is 0 Å². The fourth-order valence-electron chi connectivity index (χ4n) is 4.86. The Labute approximate surface area is 284 Å². The third-order valence-electron chi connectivity index (χ3n) is 6.39. The van der Waals surface area contributed by atoms with Gasteiger partial charge in [0.05, 0.1) is 0 Å². The van der Waals surface area contributed by atoms with Crippen LogP contribution in [0.15, 0.2) is 0 Å². The number of amides is 2. The number of nitrogens with one attached hydrogen (secondary N) is 2. The topological polar surface area (TPSA) is 234 Å². The lowest BCUT2D eigenvalue weighted by atomic mass is 9.97. The van der Waals surface area contributed by atoms with Crippen molar-refractivity contribution in [2.75, 3.05) is 13.2 Å². The molecule has 0 aromatic heterocycles. The highest BCUT2D eigenvalue weighted by Crippen LogP contribution is 2.44. The molecule has 2 saturated heterocycles. The first kappa shape index (κ1) is 40.6. The maximum absolute atomic E-state index is 12.3. The van der Waals surface area contributed by atoms with Crippen molar-refractivity contribution in [2.45, 2.75) is 115 Å². The molecule has 0 aromatic carbocycles. The Morgan fingerprint density at radius 1 is 0.479 bits per heavy atom. The summed E-state index contributed by atoms with van der Waals surface area (Å²) >= 11 is 0. The first-order valence-corrected chi connectivity index (χ1v) is 16.8. The van der Waals surface area contributed by atoms with Gasteiger partial charge >= 0.3 is 35.8 Å². The lowest BCUT2D eigenvalue weighted by Crippen LogP contribution is -2.66. The molecule has 18 nitrogen and oxygen atoms in total. The van der Waals surface area contributed by atoms with E-state index in [1.54, 1.807) is 0 Å². The molecule has 2 unspecified atom stereocenters. The molecule has 0 saturated carbocycles. The van der Waals surface area contributed by atoms with Crippen LogP contribution in [0.25, 0.3) is 0 Å². The first-order chi connectivity index (χ1) is 22.4. The van der Waals surface area contributed by atoms with E-state index in [9.17, 15) is 38.4 Å². The summed E-state index contributed by atoms with van der Waals surface area (Å²) in [4.78, 5) is 96.5. The molecule has 2 rings (SSSR count). The molecular weight excluding hydrogens is 684 g/mol. The monoisotopic (exact) mass is 724 g/mol. The average molecular weight is 725 g/mol. The smallest absolute Gasteiger partial charge is 0.303 e. The Hall–Kier alpha value is -3.62. The van der Waals surface area contributed by atoms with Gasteiger partial charge in [-0.3, -0.25) is 38.4 Å². The molecule has 2 aliphatic heterocycles. The number of carbonyl (C=O) groups is 8. The molecule has 0 aromatic rings. The second kappa shape index (κ2) is 18.8. The Balaban J connectivity index is 2.57. The zero-order valence-corrected chi connectivity index (χ0v) is 29.2. The summed E-state index contributed by atoms with van der Waals surface area (Å²) in [6.45, 7) is 8.24. The molecule has 2 heterocycles. The molecular formula is C28H40N2O16S2. The van der Waals surface area contributed by atoms with Crippen molar-refractivity contribution in [2.24, 2.45) is 0 Å². The van der Waals surface area contributed by atoms with Gasteiger partial charge in [0.1, 0.15) is 48.4 Å². The predicted octanol–water partition coefficient (Wildman–Crippen LogP) is -0.320. The van der Waals surface area contributed by atoms with E-state index in [0.717, 1.165) is 63.1 Å².